The molecule has 0 fully saturated rings. The highest BCUT2D eigenvalue weighted by Crippen LogP contribution is 2.37. The van der Waals surface area contributed by atoms with Crippen LogP contribution >= 0.6 is 0 Å². The van der Waals surface area contributed by atoms with Gasteiger partial charge in [-0.15, -0.1) is 10.2 Å². The molecule has 3 aromatic heterocycles. The van der Waals surface area contributed by atoms with Crippen LogP contribution in [0, 0.1) is 13.8 Å². The Balaban J connectivity index is 1.78. The van der Waals surface area contributed by atoms with Gasteiger partial charge in [-0.1, -0.05) is 19.4 Å². The third-order valence-corrected chi connectivity index (χ3v) is 7.18. The summed E-state index contributed by atoms with van der Waals surface area (Å²) >= 11 is 0. The second-order valence-electron chi connectivity index (χ2n) is 9.16. The van der Waals surface area contributed by atoms with Crippen molar-refractivity contribution in [2.45, 2.75) is 39.7 Å². The van der Waals surface area contributed by atoms with Gasteiger partial charge in [-0.25, -0.2) is 18.4 Å². The maximum Gasteiger partial charge on any atom is 0.243 e. The number of aryl methyl sites for hydroxylation is 2. The Bertz CT molecular complexity index is 1520. The second kappa shape index (κ2) is 12.8. The first-order chi connectivity index (χ1) is 19.3. The molecule has 0 unspecified atom stereocenters. The lowest BCUT2D eigenvalue weighted by molar-refractivity contribution is 0.0599. The summed E-state index contributed by atoms with van der Waals surface area (Å²) in [6.45, 7) is 6.15. The van der Waals surface area contributed by atoms with Crippen molar-refractivity contribution in [3.05, 3.63) is 66.0 Å². The number of nitrogens with one attached hydrogen (secondary N) is 1. The molecule has 1 aromatic carbocycles. The standard InChI is InChI=1S/C27H33N7O5S/c1-6-7-11-39-23(25-29-14-19(3)15-30-25)17-40(35,36)33-27-32-31-26(20-12-18(2)13-28-16-20)34(27)24-21(37-4)9-8-10-22(24)38-5/h8-10,12-16,23H,6-7,11,17H2,1-5H3,(H,32,33)/t23-/m0/s1. The lowest BCUT2D eigenvalue weighted by Crippen LogP contribution is -2.26. The quantitative estimate of drug-likeness (QED) is 0.235. The maximum absolute atomic E-state index is 13.6. The van der Waals surface area contributed by atoms with E-state index in [0.717, 1.165) is 24.0 Å². The number of methoxy groups -OCH3 is 2. The number of unbranched alkanes of at least 4 members (excludes halogenated alkanes) is 1. The zero-order valence-electron chi connectivity index (χ0n) is 23.2. The van der Waals surface area contributed by atoms with Crippen molar-refractivity contribution >= 4 is 16.0 Å². The Kier molecular flexibility index (Phi) is 9.27. The molecule has 1 N–H and O–H groups in total. The number of ether oxygens (including phenoxy) is 3. The van der Waals surface area contributed by atoms with Crippen molar-refractivity contribution in [3.8, 4) is 28.6 Å². The number of nitrogens with zero attached hydrogens (tertiary/aromatic N) is 6. The SMILES string of the molecule is CCCCO[C@@H](CS(=O)(=O)Nc1nnc(-c2cncc(C)c2)n1-c1c(OC)cccc1OC)c1ncc(C)cn1. The Morgan fingerprint density at radius 2 is 1.68 bits per heavy atom. The van der Waals surface area contributed by atoms with Crippen LogP contribution in [0.4, 0.5) is 5.95 Å². The van der Waals surface area contributed by atoms with Gasteiger partial charge < -0.3 is 14.2 Å². The average molecular weight is 568 g/mol. The molecular formula is C27H33N7O5S. The first-order valence-corrected chi connectivity index (χ1v) is 14.4. The molecule has 0 amide bonds. The monoisotopic (exact) mass is 567 g/mol. The maximum atomic E-state index is 13.6. The van der Waals surface area contributed by atoms with Gasteiger partial charge in [-0.05, 0) is 49.6 Å². The predicted octanol–water partition coefficient (Wildman–Crippen LogP) is 4.05. The highest BCUT2D eigenvalue weighted by Gasteiger charge is 2.28. The van der Waals surface area contributed by atoms with E-state index in [1.54, 1.807) is 47.6 Å². The summed E-state index contributed by atoms with van der Waals surface area (Å²) in [7, 11) is -1.02. The zero-order valence-corrected chi connectivity index (χ0v) is 24.0. The number of hydrogen-bond acceptors (Lipinski definition) is 10. The molecule has 40 heavy (non-hydrogen) atoms. The normalized spacial score (nSPS) is 12.2. The van der Waals surface area contributed by atoms with E-state index in [9.17, 15) is 8.42 Å². The first kappa shape index (κ1) is 28.9. The molecule has 0 radical (unpaired) electrons. The van der Waals surface area contributed by atoms with Crippen LogP contribution < -0.4 is 14.2 Å². The summed E-state index contributed by atoms with van der Waals surface area (Å²) in [4.78, 5) is 12.9. The third-order valence-electron chi connectivity index (χ3n) is 5.95. The lowest BCUT2D eigenvalue weighted by Gasteiger charge is -2.19. The fourth-order valence-corrected chi connectivity index (χ4v) is 5.13. The molecule has 0 aliphatic carbocycles. The molecule has 12 nitrogen and oxygen atoms in total. The Hall–Kier alpha value is -4.10. The van der Waals surface area contributed by atoms with Gasteiger partial charge in [0, 0.05) is 37.0 Å². The summed E-state index contributed by atoms with van der Waals surface area (Å²) in [5, 5.41) is 8.54. The van der Waals surface area contributed by atoms with Gasteiger partial charge in [-0.2, -0.15) is 0 Å². The fraction of sp³-hybridized carbons (Fsp3) is 0.370. The largest absolute Gasteiger partial charge is 0.494 e. The molecule has 4 aromatic rings. The van der Waals surface area contributed by atoms with Crippen LogP contribution in [0.25, 0.3) is 17.1 Å². The molecule has 0 bridgehead atoms. The molecule has 1 atom stereocenters. The Morgan fingerprint density at radius 1 is 0.975 bits per heavy atom. The number of hydrogen-bond donors (Lipinski definition) is 1. The van der Waals surface area contributed by atoms with Crippen molar-refractivity contribution in [2.24, 2.45) is 0 Å². The van der Waals surface area contributed by atoms with Crippen LogP contribution in [-0.4, -0.2) is 64.7 Å². The van der Waals surface area contributed by atoms with Crippen molar-refractivity contribution in [3.63, 3.8) is 0 Å². The van der Waals surface area contributed by atoms with Crippen LogP contribution in [0.3, 0.4) is 0 Å². The fourth-order valence-electron chi connectivity index (χ4n) is 3.99. The van der Waals surface area contributed by atoms with Crippen molar-refractivity contribution in [1.29, 1.82) is 0 Å². The summed E-state index contributed by atoms with van der Waals surface area (Å²) in [6, 6.07) is 7.12. The number of benzene rings is 1. The molecular weight excluding hydrogens is 534 g/mol. The molecule has 0 saturated heterocycles. The highest BCUT2D eigenvalue weighted by atomic mass is 32.2. The minimum Gasteiger partial charge on any atom is -0.494 e. The molecule has 4 rings (SSSR count). The number of anilines is 1. The summed E-state index contributed by atoms with van der Waals surface area (Å²) in [5.41, 5.74) is 2.80. The van der Waals surface area contributed by atoms with Crippen LogP contribution in [0.15, 0.2) is 49.1 Å². The van der Waals surface area contributed by atoms with Gasteiger partial charge in [0.2, 0.25) is 16.0 Å². The number of rotatable bonds is 13. The van der Waals surface area contributed by atoms with Crippen LogP contribution in [0.1, 0.15) is 42.8 Å². The van der Waals surface area contributed by atoms with E-state index in [1.165, 1.54) is 14.2 Å². The highest BCUT2D eigenvalue weighted by molar-refractivity contribution is 7.92. The van der Waals surface area contributed by atoms with E-state index in [-0.39, 0.29) is 11.8 Å². The molecule has 0 spiro atoms. The van der Waals surface area contributed by atoms with E-state index in [2.05, 4.69) is 29.9 Å². The van der Waals surface area contributed by atoms with Crippen LogP contribution in [0.5, 0.6) is 11.5 Å². The van der Waals surface area contributed by atoms with Gasteiger partial charge in [0.1, 0.15) is 29.0 Å². The Morgan fingerprint density at radius 3 is 2.30 bits per heavy atom. The summed E-state index contributed by atoms with van der Waals surface area (Å²) in [5.74, 6) is 0.986. The van der Waals surface area contributed by atoms with E-state index in [0.29, 0.717) is 35.2 Å². The predicted molar refractivity (Wildman–Crippen MR) is 150 cm³/mol. The zero-order chi connectivity index (χ0) is 28.7. The van der Waals surface area contributed by atoms with Crippen molar-refractivity contribution in [1.82, 2.24) is 29.7 Å². The van der Waals surface area contributed by atoms with Gasteiger partial charge in [0.25, 0.3) is 0 Å². The van der Waals surface area contributed by atoms with Crippen molar-refractivity contribution < 1.29 is 22.6 Å². The van der Waals surface area contributed by atoms with E-state index in [1.807, 2.05) is 26.8 Å². The van der Waals surface area contributed by atoms with Gasteiger partial charge >= 0.3 is 0 Å². The van der Waals surface area contributed by atoms with Crippen LogP contribution in [0.2, 0.25) is 0 Å². The van der Waals surface area contributed by atoms with Gasteiger partial charge in [0.15, 0.2) is 11.6 Å². The topological polar surface area (TPSA) is 143 Å². The van der Waals surface area contributed by atoms with Crippen molar-refractivity contribution in [2.75, 3.05) is 31.3 Å². The molecule has 212 valence electrons. The number of sulfonamides is 1. The summed E-state index contributed by atoms with van der Waals surface area (Å²) < 4.78 is 48.4. The Labute approximate surface area is 233 Å². The molecule has 0 aliphatic heterocycles. The second-order valence-corrected chi connectivity index (χ2v) is 10.9. The van der Waals surface area contributed by atoms with E-state index in [4.69, 9.17) is 14.2 Å². The van der Waals surface area contributed by atoms with E-state index >= 15 is 0 Å². The third kappa shape index (κ3) is 6.72. The molecule has 0 saturated carbocycles. The lowest BCUT2D eigenvalue weighted by atomic mass is 10.2. The molecule has 13 heteroatoms. The summed E-state index contributed by atoms with van der Waals surface area (Å²) in [6.07, 6.45) is 7.38. The smallest absolute Gasteiger partial charge is 0.243 e. The number of aromatic nitrogens is 6. The number of pyridine rings is 1. The van der Waals surface area contributed by atoms with Crippen LogP contribution in [-0.2, 0) is 14.8 Å². The average Bonchev–Trinajstić information content (AvgIpc) is 3.34. The van der Waals surface area contributed by atoms with Gasteiger partial charge in [-0.3, -0.25) is 14.3 Å². The minimum absolute atomic E-state index is 0.0589. The first-order valence-electron chi connectivity index (χ1n) is 12.8. The number of para-hydroxylation sites is 1. The van der Waals surface area contributed by atoms with Gasteiger partial charge in [0.05, 0.1) is 14.2 Å². The molecule has 0 aliphatic rings. The van der Waals surface area contributed by atoms with E-state index < -0.39 is 21.9 Å². The minimum atomic E-state index is -4.05. The molecule has 3 heterocycles.